The van der Waals surface area contributed by atoms with Gasteiger partial charge >= 0.3 is 0 Å². The fourth-order valence-electron chi connectivity index (χ4n) is 2.18. The fraction of sp³-hybridized carbons (Fsp3) is 0.769. The van der Waals surface area contributed by atoms with Crippen molar-refractivity contribution in [3.8, 4) is 0 Å². The summed E-state index contributed by atoms with van der Waals surface area (Å²) in [4.78, 5) is 16.5. The van der Waals surface area contributed by atoms with Crippen molar-refractivity contribution in [1.29, 1.82) is 0 Å². The molecule has 0 atom stereocenters. The number of carbonyl (C=O) groups excluding carboxylic acids is 1. The maximum absolute atomic E-state index is 12.4. The van der Waals surface area contributed by atoms with E-state index >= 15 is 0 Å². The van der Waals surface area contributed by atoms with Crippen molar-refractivity contribution in [2.45, 2.75) is 58.6 Å². The molecule has 0 aliphatic rings. The van der Waals surface area contributed by atoms with E-state index in [4.69, 9.17) is 4.74 Å². The molecule has 0 aliphatic carbocycles. The molecule has 1 heterocycles. The number of aromatic nitrogens is 3. The van der Waals surface area contributed by atoms with Crippen LogP contribution in [0.1, 0.15) is 45.9 Å². The monoisotopic (exact) mass is 253 g/mol. The molecule has 1 aromatic rings. The van der Waals surface area contributed by atoms with Crippen molar-refractivity contribution in [2.24, 2.45) is 0 Å². The maximum atomic E-state index is 12.4. The van der Waals surface area contributed by atoms with Crippen LogP contribution in [0.3, 0.4) is 0 Å². The lowest BCUT2D eigenvalue weighted by Crippen LogP contribution is -2.41. The summed E-state index contributed by atoms with van der Waals surface area (Å²) < 4.78 is 7.23. The van der Waals surface area contributed by atoms with Crippen molar-refractivity contribution < 1.29 is 9.53 Å². The van der Waals surface area contributed by atoms with Gasteiger partial charge < -0.3 is 4.74 Å². The minimum atomic E-state index is -0.678. The van der Waals surface area contributed by atoms with Crippen molar-refractivity contribution in [2.75, 3.05) is 7.11 Å². The summed E-state index contributed by atoms with van der Waals surface area (Å²) in [6.45, 7) is 6.81. The highest BCUT2D eigenvalue weighted by atomic mass is 16.5. The van der Waals surface area contributed by atoms with E-state index in [-0.39, 0.29) is 12.2 Å². The van der Waals surface area contributed by atoms with Gasteiger partial charge in [-0.05, 0) is 19.3 Å². The normalized spacial score (nSPS) is 11.8. The first-order valence-corrected chi connectivity index (χ1v) is 6.58. The van der Waals surface area contributed by atoms with Gasteiger partial charge in [-0.2, -0.15) is 5.10 Å². The smallest absolute Gasteiger partial charge is 0.172 e. The molecule has 0 N–H and O–H groups in total. The van der Waals surface area contributed by atoms with E-state index in [0.29, 0.717) is 12.8 Å². The zero-order valence-electron chi connectivity index (χ0n) is 11.8. The second-order valence-corrected chi connectivity index (χ2v) is 4.40. The predicted octanol–water partition coefficient (Wildman–Crippen LogP) is 2.00. The molecule has 0 aliphatic heterocycles. The number of ketones is 1. The van der Waals surface area contributed by atoms with Gasteiger partial charge in [-0.25, -0.2) is 9.67 Å². The number of methoxy groups -OCH3 is 1. The highest BCUT2D eigenvalue weighted by Gasteiger charge is 2.35. The molecule has 0 saturated heterocycles. The Morgan fingerprint density at radius 1 is 1.39 bits per heavy atom. The minimum Gasteiger partial charge on any atom is -0.370 e. The van der Waals surface area contributed by atoms with Gasteiger partial charge in [0.05, 0.1) is 6.42 Å². The first-order valence-electron chi connectivity index (χ1n) is 6.58. The Kier molecular flexibility index (Phi) is 5.47. The van der Waals surface area contributed by atoms with Gasteiger partial charge in [0.1, 0.15) is 17.8 Å². The van der Waals surface area contributed by atoms with Crippen molar-refractivity contribution in [1.82, 2.24) is 14.8 Å². The molecule has 0 saturated carbocycles. The molecule has 5 heteroatoms. The summed E-state index contributed by atoms with van der Waals surface area (Å²) in [6.07, 6.45) is 4.13. The van der Waals surface area contributed by atoms with Gasteiger partial charge in [0.25, 0.3) is 0 Å². The summed E-state index contributed by atoms with van der Waals surface area (Å²) in [7, 11) is 1.60. The third-order valence-electron chi connectivity index (χ3n) is 3.49. The van der Waals surface area contributed by atoms with Crippen LogP contribution < -0.4 is 0 Å². The predicted molar refractivity (Wildman–Crippen MR) is 69.3 cm³/mol. The summed E-state index contributed by atoms with van der Waals surface area (Å²) in [6, 6.07) is 0. The Morgan fingerprint density at radius 2 is 2.06 bits per heavy atom. The molecule has 0 aromatic carbocycles. The highest BCUT2D eigenvalue weighted by molar-refractivity contribution is 5.88. The zero-order chi connectivity index (χ0) is 13.6. The first kappa shape index (κ1) is 14.8. The lowest BCUT2D eigenvalue weighted by molar-refractivity contribution is -0.141. The minimum absolute atomic E-state index is 0.0837. The second-order valence-electron chi connectivity index (χ2n) is 4.40. The molecule has 5 nitrogen and oxygen atoms in total. The maximum Gasteiger partial charge on any atom is 0.172 e. The highest BCUT2D eigenvalue weighted by Crippen LogP contribution is 2.22. The molecular formula is C13H23N3O2. The Morgan fingerprint density at radius 3 is 2.56 bits per heavy atom. The van der Waals surface area contributed by atoms with Crippen LogP contribution in [0.15, 0.2) is 6.33 Å². The van der Waals surface area contributed by atoms with Gasteiger partial charge in [-0.15, -0.1) is 0 Å². The molecule has 0 amide bonds. The summed E-state index contributed by atoms with van der Waals surface area (Å²) in [5.41, 5.74) is -0.678. The number of aryl methyl sites for hydroxylation is 1. The van der Waals surface area contributed by atoms with E-state index in [1.807, 2.05) is 13.8 Å². The van der Waals surface area contributed by atoms with Crippen molar-refractivity contribution in [3.63, 3.8) is 0 Å². The summed E-state index contributed by atoms with van der Waals surface area (Å²) in [5.74, 6) is 0.811. The number of hydrogen-bond acceptors (Lipinski definition) is 4. The number of nitrogens with zero attached hydrogens (tertiary/aromatic N) is 3. The molecule has 0 bridgehead atoms. The quantitative estimate of drug-likeness (QED) is 0.711. The lowest BCUT2D eigenvalue weighted by atomic mass is 9.90. The lowest BCUT2D eigenvalue weighted by Gasteiger charge is -2.28. The van der Waals surface area contributed by atoms with Crippen LogP contribution in [0.4, 0.5) is 0 Å². The average Bonchev–Trinajstić information content (AvgIpc) is 2.80. The van der Waals surface area contributed by atoms with Gasteiger partial charge in [0.15, 0.2) is 5.78 Å². The molecule has 1 rings (SSSR count). The third-order valence-corrected chi connectivity index (χ3v) is 3.49. The Hall–Kier alpha value is -1.23. The SMILES string of the molecule is CCCn1ncnc1CC(=O)C(CC)(CC)OC. The number of rotatable bonds is 8. The van der Waals surface area contributed by atoms with Crippen LogP contribution in [0, 0.1) is 0 Å². The van der Waals surface area contributed by atoms with Gasteiger partial charge in [0, 0.05) is 13.7 Å². The molecular weight excluding hydrogens is 230 g/mol. The van der Waals surface area contributed by atoms with Crippen LogP contribution in [-0.2, 0) is 22.5 Å². The van der Waals surface area contributed by atoms with Crippen LogP contribution in [-0.4, -0.2) is 33.3 Å². The van der Waals surface area contributed by atoms with Gasteiger partial charge in [-0.3, -0.25) is 4.79 Å². The van der Waals surface area contributed by atoms with Gasteiger partial charge in [-0.1, -0.05) is 20.8 Å². The summed E-state index contributed by atoms with van der Waals surface area (Å²) in [5, 5.41) is 4.13. The van der Waals surface area contributed by atoms with E-state index in [2.05, 4.69) is 17.0 Å². The van der Waals surface area contributed by atoms with Crippen molar-refractivity contribution in [3.05, 3.63) is 12.2 Å². The summed E-state index contributed by atoms with van der Waals surface area (Å²) >= 11 is 0. The molecule has 0 fully saturated rings. The third kappa shape index (κ3) is 2.96. The Labute approximate surface area is 109 Å². The van der Waals surface area contributed by atoms with Gasteiger partial charge in [0.2, 0.25) is 0 Å². The topological polar surface area (TPSA) is 57.0 Å². The van der Waals surface area contributed by atoms with E-state index in [0.717, 1.165) is 18.8 Å². The number of carbonyl (C=O) groups is 1. The van der Waals surface area contributed by atoms with Crippen LogP contribution in [0.25, 0.3) is 0 Å². The molecule has 0 radical (unpaired) electrons. The average molecular weight is 253 g/mol. The standard InChI is InChI=1S/C13H23N3O2/c1-5-8-16-12(14-10-15-16)9-11(17)13(6-2,7-3)18-4/h10H,5-9H2,1-4H3. The molecule has 102 valence electrons. The number of Topliss-reactive ketones (excluding diaryl/α,β-unsaturated/α-hetero) is 1. The first-order chi connectivity index (χ1) is 8.63. The fourth-order valence-corrected chi connectivity index (χ4v) is 2.18. The van der Waals surface area contributed by atoms with Crippen LogP contribution >= 0.6 is 0 Å². The number of hydrogen-bond donors (Lipinski definition) is 0. The zero-order valence-corrected chi connectivity index (χ0v) is 11.8. The van der Waals surface area contributed by atoms with E-state index in [1.54, 1.807) is 11.8 Å². The van der Waals surface area contributed by atoms with Crippen LogP contribution in [0.5, 0.6) is 0 Å². The molecule has 0 spiro atoms. The van der Waals surface area contributed by atoms with Crippen molar-refractivity contribution >= 4 is 5.78 Å². The van der Waals surface area contributed by atoms with Crippen LogP contribution in [0.2, 0.25) is 0 Å². The van der Waals surface area contributed by atoms with E-state index < -0.39 is 5.60 Å². The number of ether oxygens (including phenoxy) is 1. The molecule has 18 heavy (non-hydrogen) atoms. The van der Waals surface area contributed by atoms with E-state index in [9.17, 15) is 4.79 Å². The van der Waals surface area contributed by atoms with E-state index in [1.165, 1.54) is 6.33 Å². The molecule has 1 aromatic heterocycles. The Bertz CT molecular complexity index is 375. The largest absolute Gasteiger partial charge is 0.370 e. The molecule has 0 unspecified atom stereocenters. The Balaban J connectivity index is 2.82. The second kappa shape index (κ2) is 6.64.